The second-order valence-electron chi connectivity index (χ2n) is 8.45. The molecule has 0 spiro atoms. The molecule has 0 aliphatic heterocycles. The highest BCUT2D eigenvalue weighted by molar-refractivity contribution is 5.89. The lowest BCUT2D eigenvalue weighted by Gasteiger charge is -2.29. The lowest BCUT2D eigenvalue weighted by molar-refractivity contribution is -0.142. The number of nitrogens with one attached hydrogen (secondary N) is 1. The number of benzene rings is 4. The smallest absolute Gasteiger partial charge is 0.327 e. The van der Waals surface area contributed by atoms with Gasteiger partial charge in [0, 0.05) is 11.8 Å². The molecule has 5 heteroatoms. The summed E-state index contributed by atoms with van der Waals surface area (Å²) < 4.78 is 0. The number of carbonyl (C=O) groups is 2. The normalized spacial score (nSPS) is 12.8. The van der Waals surface area contributed by atoms with Crippen LogP contribution in [0.4, 0.5) is 0 Å². The molecule has 1 amide bonds. The van der Waals surface area contributed by atoms with Crippen LogP contribution in [-0.2, 0) is 9.59 Å². The zero-order valence-corrected chi connectivity index (χ0v) is 19.2. The van der Waals surface area contributed by atoms with Crippen LogP contribution in [0.1, 0.15) is 34.1 Å². The molecule has 0 unspecified atom stereocenters. The molecule has 4 aromatic rings. The number of rotatable bonds is 9. The van der Waals surface area contributed by atoms with Crippen molar-refractivity contribution >= 4 is 11.9 Å². The van der Waals surface area contributed by atoms with Crippen molar-refractivity contribution in [1.82, 2.24) is 5.32 Å². The standard InChI is InChI=1S/C30H28N2O3/c31-27(25(21-13-5-1-6-14-21)22-15-7-2-8-16-22)29(33)32-28(30(34)35)26(23-17-9-3-10-18-23)24-19-11-4-12-20-24/h1-20,25-28H,31H2,(H,32,33)(H,34,35)/t27-,28-/m0/s1. The number of nitrogens with two attached hydrogens (primary N) is 1. The number of amides is 1. The Morgan fingerprint density at radius 3 is 1.20 bits per heavy atom. The summed E-state index contributed by atoms with van der Waals surface area (Å²) in [7, 11) is 0. The van der Waals surface area contributed by atoms with Crippen LogP contribution in [0.2, 0.25) is 0 Å². The van der Waals surface area contributed by atoms with E-state index in [0.717, 1.165) is 22.3 Å². The molecule has 0 aliphatic carbocycles. The number of carbonyl (C=O) groups excluding carboxylic acids is 1. The van der Waals surface area contributed by atoms with Gasteiger partial charge < -0.3 is 16.2 Å². The number of carboxylic acids is 1. The van der Waals surface area contributed by atoms with Crippen LogP contribution in [0.25, 0.3) is 0 Å². The third-order valence-electron chi connectivity index (χ3n) is 6.19. The van der Waals surface area contributed by atoms with Crippen LogP contribution in [0, 0.1) is 0 Å². The van der Waals surface area contributed by atoms with Gasteiger partial charge in [0.25, 0.3) is 0 Å². The van der Waals surface area contributed by atoms with Crippen LogP contribution in [0.5, 0.6) is 0 Å². The van der Waals surface area contributed by atoms with Gasteiger partial charge in [-0.1, -0.05) is 121 Å². The van der Waals surface area contributed by atoms with E-state index in [4.69, 9.17) is 5.73 Å². The summed E-state index contributed by atoms with van der Waals surface area (Å²) in [6, 6.07) is 35.6. The van der Waals surface area contributed by atoms with Gasteiger partial charge in [0.05, 0.1) is 6.04 Å². The summed E-state index contributed by atoms with van der Waals surface area (Å²) in [6.45, 7) is 0. The maximum atomic E-state index is 13.5. The van der Waals surface area contributed by atoms with Gasteiger partial charge in [0.1, 0.15) is 6.04 Å². The first kappa shape index (κ1) is 23.9. The third kappa shape index (κ3) is 5.65. The lowest BCUT2D eigenvalue weighted by Crippen LogP contribution is -2.52. The van der Waals surface area contributed by atoms with Crippen molar-refractivity contribution < 1.29 is 14.7 Å². The van der Waals surface area contributed by atoms with Crippen molar-refractivity contribution in [3.8, 4) is 0 Å². The van der Waals surface area contributed by atoms with E-state index in [9.17, 15) is 14.7 Å². The molecular weight excluding hydrogens is 436 g/mol. The Balaban J connectivity index is 1.68. The Morgan fingerprint density at radius 1 is 0.571 bits per heavy atom. The van der Waals surface area contributed by atoms with Crippen molar-refractivity contribution in [2.24, 2.45) is 5.73 Å². The second kappa shape index (κ2) is 11.3. The van der Waals surface area contributed by atoms with Crippen molar-refractivity contribution in [2.75, 3.05) is 0 Å². The Hall–Kier alpha value is -4.22. The molecule has 176 valence electrons. The largest absolute Gasteiger partial charge is 0.480 e. The van der Waals surface area contributed by atoms with Crippen LogP contribution in [0.15, 0.2) is 121 Å². The van der Waals surface area contributed by atoms with Crippen molar-refractivity contribution in [2.45, 2.75) is 23.9 Å². The van der Waals surface area contributed by atoms with E-state index in [1.165, 1.54) is 0 Å². The third-order valence-corrected chi connectivity index (χ3v) is 6.19. The van der Waals surface area contributed by atoms with E-state index < -0.39 is 35.8 Å². The van der Waals surface area contributed by atoms with Gasteiger partial charge in [-0.3, -0.25) is 4.79 Å². The fourth-order valence-electron chi connectivity index (χ4n) is 4.51. The highest BCUT2D eigenvalue weighted by atomic mass is 16.4. The van der Waals surface area contributed by atoms with Gasteiger partial charge in [-0.15, -0.1) is 0 Å². The lowest BCUT2D eigenvalue weighted by atomic mass is 9.83. The van der Waals surface area contributed by atoms with Crippen molar-refractivity contribution in [1.29, 1.82) is 0 Å². The van der Waals surface area contributed by atoms with Crippen LogP contribution >= 0.6 is 0 Å². The molecule has 4 N–H and O–H groups in total. The van der Waals surface area contributed by atoms with E-state index in [2.05, 4.69) is 5.32 Å². The summed E-state index contributed by atoms with van der Waals surface area (Å²) >= 11 is 0. The molecular formula is C30H28N2O3. The Morgan fingerprint density at radius 2 is 0.886 bits per heavy atom. The molecule has 0 aromatic heterocycles. The Kier molecular flexibility index (Phi) is 7.70. The number of hydrogen-bond acceptors (Lipinski definition) is 3. The minimum absolute atomic E-state index is 0.432. The minimum Gasteiger partial charge on any atom is -0.480 e. The quantitative estimate of drug-likeness (QED) is 0.339. The average molecular weight is 465 g/mol. The number of aliphatic carboxylic acids is 1. The summed E-state index contributed by atoms with van der Waals surface area (Å²) in [5.74, 6) is -2.66. The zero-order chi connectivity index (χ0) is 24.6. The first-order chi connectivity index (χ1) is 17.1. The van der Waals surface area contributed by atoms with E-state index >= 15 is 0 Å². The average Bonchev–Trinajstić information content (AvgIpc) is 2.91. The number of carboxylic acid groups (broad SMARTS) is 1. The van der Waals surface area contributed by atoms with Gasteiger partial charge in [-0.2, -0.15) is 0 Å². The highest BCUT2D eigenvalue weighted by Gasteiger charge is 2.35. The monoisotopic (exact) mass is 464 g/mol. The molecule has 4 aromatic carbocycles. The summed E-state index contributed by atoms with van der Waals surface area (Å²) in [5, 5.41) is 13.0. The second-order valence-corrected chi connectivity index (χ2v) is 8.45. The van der Waals surface area contributed by atoms with Gasteiger partial charge in [0.15, 0.2) is 0 Å². The zero-order valence-electron chi connectivity index (χ0n) is 19.2. The van der Waals surface area contributed by atoms with Gasteiger partial charge in [-0.25, -0.2) is 4.79 Å². The van der Waals surface area contributed by atoms with Crippen LogP contribution in [-0.4, -0.2) is 29.1 Å². The molecule has 0 saturated carbocycles. The van der Waals surface area contributed by atoms with Crippen molar-refractivity contribution in [3.05, 3.63) is 144 Å². The molecule has 2 atom stereocenters. The molecule has 5 nitrogen and oxygen atoms in total. The van der Waals surface area contributed by atoms with Gasteiger partial charge in [0.2, 0.25) is 5.91 Å². The summed E-state index contributed by atoms with van der Waals surface area (Å²) in [4.78, 5) is 26.0. The Labute approximate surface area is 205 Å². The van der Waals surface area contributed by atoms with E-state index in [1.807, 2.05) is 121 Å². The number of hydrogen-bond donors (Lipinski definition) is 3. The highest BCUT2D eigenvalue weighted by Crippen LogP contribution is 2.30. The Bertz CT molecular complexity index is 1150. The summed E-state index contributed by atoms with van der Waals surface area (Å²) in [5.41, 5.74) is 9.90. The molecule has 0 heterocycles. The van der Waals surface area contributed by atoms with Crippen LogP contribution < -0.4 is 11.1 Å². The fourth-order valence-corrected chi connectivity index (χ4v) is 4.51. The van der Waals surface area contributed by atoms with Gasteiger partial charge in [-0.05, 0) is 22.3 Å². The predicted octanol–water partition coefficient (Wildman–Crippen LogP) is 4.55. The first-order valence-corrected chi connectivity index (χ1v) is 11.5. The molecule has 35 heavy (non-hydrogen) atoms. The SMILES string of the molecule is N[C@H](C(=O)N[C@H](C(=O)O)C(c1ccccc1)c1ccccc1)C(c1ccccc1)c1ccccc1. The van der Waals surface area contributed by atoms with E-state index in [1.54, 1.807) is 0 Å². The predicted molar refractivity (Wildman–Crippen MR) is 137 cm³/mol. The first-order valence-electron chi connectivity index (χ1n) is 11.5. The maximum Gasteiger partial charge on any atom is 0.327 e. The molecule has 0 saturated heterocycles. The minimum atomic E-state index is -1.20. The van der Waals surface area contributed by atoms with E-state index in [0.29, 0.717) is 0 Å². The maximum absolute atomic E-state index is 13.5. The molecule has 0 radical (unpaired) electrons. The topological polar surface area (TPSA) is 92.4 Å². The molecule has 0 fully saturated rings. The van der Waals surface area contributed by atoms with E-state index in [-0.39, 0.29) is 0 Å². The molecule has 4 rings (SSSR count). The van der Waals surface area contributed by atoms with Crippen molar-refractivity contribution in [3.63, 3.8) is 0 Å². The fraction of sp³-hybridized carbons (Fsp3) is 0.133. The van der Waals surface area contributed by atoms with Gasteiger partial charge >= 0.3 is 5.97 Å². The molecule has 0 bridgehead atoms. The van der Waals surface area contributed by atoms with Crippen LogP contribution in [0.3, 0.4) is 0 Å². The summed E-state index contributed by atoms with van der Waals surface area (Å²) in [6.07, 6.45) is 0. The molecule has 0 aliphatic rings.